The SMILES string of the molecule is CSCCC(C)N(C)c1nnc(Cl)c(C)c1C. The number of nitrogens with zero attached hydrogens (tertiary/aromatic N) is 3. The molecule has 0 fully saturated rings. The predicted octanol–water partition coefficient (Wildman–Crippen LogP) is 3.32. The Labute approximate surface area is 113 Å². The Morgan fingerprint density at radius 1 is 1.29 bits per heavy atom. The third kappa shape index (κ3) is 3.49. The van der Waals surface area contributed by atoms with Crippen LogP contribution >= 0.6 is 23.4 Å². The van der Waals surface area contributed by atoms with Gasteiger partial charge in [0.25, 0.3) is 0 Å². The standard InChI is InChI=1S/C12H20ClN3S/c1-8(6-7-17-5)16(4)12-10(3)9(2)11(13)14-15-12/h8H,6-7H2,1-5H3. The van der Waals surface area contributed by atoms with E-state index in [0.29, 0.717) is 11.2 Å². The van der Waals surface area contributed by atoms with E-state index < -0.39 is 0 Å². The minimum atomic E-state index is 0.455. The number of thioether (sulfide) groups is 1. The van der Waals surface area contributed by atoms with Crippen LogP contribution in [0.2, 0.25) is 5.15 Å². The maximum absolute atomic E-state index is 5.96. The van der Waals surface area contributed by atoms with Crippen molar-refractivity contribution < 1.29 is 0 Å². The molecule has 1 heterocycles. The summed E-state index contributed by atoms with van der Waals surface area (Å²) < 4.78 is 0. The average molecular weight is 274 g/mol. The molecule has 0 bridgehead atoms. The highest BCUT2D eigenvalue weighted by atomic mass is 35.5. The van der Waals surface area contributed by atoms with Gasteiger partial charge < -0.3 is 4.90 Å². The van der Waals surface area contributed by atoms with Crippen LogP contribution in [-0.2, 0) is 0 Å². The first kappa shape index (κ1) is 14.6. The summed E-state index contributed by atoms with van der Waals surface area (Å²) in [7, 11) is 2.06. The van der Waals surface area contributed by atoms with Crippen LogP contribution in [0.25, 0.3) is 0 Å². The molecule has 1 unspecified atom stereocenters. The van der Waals surface area contributed by atoms with Gasteiger partial charge in [0.05, 0.1) is 0 Å². The first-order valence-corrected chi connectivity index (χ1v) is 7.47. The minimum Gasteiger partial charge on any atom is -0.355 e. The topological polar surface area (TPSA) is 29.0 Å². The highest BCUT2D eigenvalue weighted by molar-refractivity contribution is 7.98. The Morgan fingerprint density at radius 3 is 2.53 bits per heavy atom. The summed E-state index contributed by atoms with van der Waals surface area (Å²) >= 11 is 7.83. The van der Waals surface area contributed by atoms with E-state index in [9.17, 15) is 0 Å². The monoisotopic (exact) mass is 273 g/mol. The van der Waals surface area contributed by atoms with Crippen LogP contribution in [0, 0.1) is 13.8 Å². The quantitative estimate of drug-likeness (QED) is 0.823. The van der Waals surface area contributed by atoms with Gasteiger partial charge in [-0.3, -0.25) is 0 Å². The summed E-state index contributed by atoms with van der Waals surface area (Å²) in [5, 5.41) is 8.69. The van der Waals surface area contributed by atoms with Crippen molar-refractivity contribution in [3.8, 4) is 0 Å². The molecule has 0 saturated carbocycles. The van der Waals surface area contributed by atoms with Gasteiger partial charge in [0.15, 0.2) is 11.0 Å². The fraction of sp³-hybridized carbons (Fsp3) is 0.667. The van der Waals surface area contributed by atoms with Crippen LogP contribution in [0.1, 0.15) is 24.5 Å². The number of rotatable bonds is 5. The van der Waals surface area contributed by atoms with Crippen molar-refractivity contribution >= 4 is 29.2 Å². The molecule has 17 heavy (non-hydrogen) atoms. The number of halogens is 1. The maximum atomic E-state index is 5.96. The highest BCUT2D eigenvalue weighted by Gasteiger charge is 2.16. The molecule has 96 valence electrons. The van der Waals surface area contributed by atoms with Gasteiger partial charge >= 0.3 is 0 Å². The van der Waals surface area contributed by atoms with E-state index in [1.54, 1.807) is 0 Å². The molecule has 1 rings (SSSR count). The molecule has 0 aromatic carbocycles. The second-order valence-electron chi connectivity index (χ2n) is 4.31. The summed E-state index contributed by atoms with van der Waals surface area (Å²) in [4.78, 5) is 2.18. The molecule has 0 N–H and O–H groups in total. The van der Waals surface area contributed by atoms with Crippen molar-refractivity contribution in [3.05, 3.63) is 16.3 Å². The first-order valence-electron chi connectivity index (χ1n) is 5.70. The summed E-state index contributed by atoms with van der Waals surface area (Å²) in [6.07, 6.45) is 3.27. The lowest BCUT2D eigenvalue weighted by molar-refractivity contribution is 0.655. The van der Waals surface area contributed by atoms with Crippen molar-refractivity contribution in [2.75, 3.05) is 24.0 Å². The summed E-state index contributed by atoms with van der Waals surface area (Å²) in [6.45, 7) is 6.24. The molecular weight excluding hydrogens is 254 g/mol. The van der Waals surface area contributed by atoms with Crippen molar-refractivity contribution in [2.45, 2.75) is 33.2 Å². The second kappa shape index (κ2) is 6.45. The molecule has 1 aromatic rings. The van der Waals surface area contributed by atoms with E-state index in [2.05, 4.69) is 35.3 Å². The maximum Gasteiger partial charge on any atom is 0.155 e. The largest absolute Gasteiger partial charge is 0.355 e. The lowest BCUT2D eigenvalue weighted by Crippen LogP contribution is -2.31. The lowest BCUT2D eigenvalue weighted by atomic mass is 10.1. The van der Waals surface area contributed by atoms with E-state index in [0.717, 1.165) is 29.1 Å². The van der Waals surface area contributed by atoms with Crippen LogP contribution in [-0.4, -0.2) is 35.3 Å². The normalized spacial score (nSPS) is 12.6. The second-order valence-corrected chi connectivity index (χ2v) is 5.65. The molecule has 0 aliphatic rings. The van der Waals surface area contributed by atoms with Crippen LogP contribution in [0.4, 0.5) is 5.82 Å². The van der Waals surface area contributed by atoms with Gasteiger partial charge in [-0.05, 0) is 50.3 Å². The van der Waals surface area contributed by atoms with Crippen LogP contribution in [0.5, 0.6) is 0 Å². The van der Waals surface area contributed by atoms with Gasteiger partial charge in [0.1, 0.15) is 0 Å². The Morgan fingerprint density at radius 2 is 1.94 bits per heavy atom. The molecular formula is C12H20ClN3S. The summed E-state index contributed by atoms with van der Waals surface area (Å²) in [6, 6.07) is 0.455. The zero-order valence-electron chi connectivity index (χ0n) is 11.1. The molecule has 0 saturated heterocycles. The van der Waals surface area contributed by atoms with E-state index >= 15 is 0 Å². The Kier molecular flexibility index (Phi) is 5.53. The average Bonchev–Trinajstić information content (AvgIpc) is 2.32. The third-order valence-electron chi connectivity index (χ3n) is 3.17. The van der Waals surface area contributed by atoms with Crippen molar-refractivity contribution in [3.63, 3.8) is 0 Å². The van der Waals surface area contributed by atoms with E-state index in [1.165, 1.54) is 0 Å². The molecule has 0 aliphatic heterocycles. The van der Waals surface area contributed by atoms with Crippen LogP contribution in [0.15, 0.2) is 0 Å². The summed E-state index contributed by atoms with van der Waals surface area (Å²) in [5.74, 6) is 2.09. The Balaban J connectivity index is 2.89. The number of hydrogen-bond donors (Lipinski definition) is 0. The predicted molar refractivity (Wildman–Crippen MR) is 77.4 cm³/mol. The van der Waals surface area contributed by atoms with Gasteiger partial charge in [0.2, 0.25) is 0 Å². The fourth-order valence-electron chi connectivity index (χ4n) is 1.59. The van der Waals surface area contributed by atoms with Gasteiger partial charge in [-0.1, -0.05) is 11.6 Å². The Bertz CT molecular complexity index is 384. The lowest BCUT2D eigenvalue weighted by Gasteiger charge is -2.27. The smallest absolute Gasteiger partial charge is 0.155 e. The number of aromatic nitrogens is 2. The zero-order valence-corrected chi connectivity index (χ0v) is 12.7. The van der Waals surface area contributed by atoms with E-state index in [-0.39, 0.29) is 0 Å². The Hall–Kier alpha value is -0.480. The number of anilines is 1. The van der Waals surface area contributed by atoms with E-state index in [4.69, 9.17) is 11.6 Å². The van der Waals surface area contributed by atoms with Crippen LogP contribution < -0.4 is 4.90 Å². The highest BCUT2D eigenvalue weighted by Crippen LogP contribution is 2.24. The summed E-state index contributed by atoms with van der Waals surface area (Å²) in [5.41, 5.74) is 2.13. The van der Waals surface area contributed by atoms with Gasteiger partial charge in [-0.15, -0.1) is 10.2 Å². The van der Waals surface area contributed by atoms with Crippen LogP contribution in [0.3, 0.4) is 0 Å². The fourth-order valence-corrected chi connectivity index (χ4v) is 2.35. The van der Waals surface area contributed by atoms with Crippen molar-refractivity contribution in [1.82, 2.24) is 10.2 Å². The first-order chi connectivity index (χ1) is 7.99. The van der Waals surface area contributed by atoms with Crippen molar-refractivity contribution in [1.29, 1.82) is 0 Å². The molecule has 5 heteroatoms. The van der Waals surface area contributed by atoms with Crippen molar-refractivity contribution in [2.24, 2.45) is 0 Å². The zero-order chi connectivity index (χ0) is 13.0. The number of hydrogen-bond acceptors (Lipinski definition) is 4. The molecule has 1 atom stereocenters. The molecule has 0 spiro atoms. The molecule has 0 amide bonds. The third-order valence-corrected chi connectivity index (χ3v) is 4.18. The minimum absolute atomic E-state index is 0.455. The van der Waals surface area contributed by atoms with E-state index in [1.807, 2.05) is 25.6 Å². The van der Waals surface area contributed by atoms with Gasteiger partial charge in [-0.2, -0.15) is 11.8 Å². The molecule has 3 nitrogen and oxygen atoms in total. The molecule has 0 radical (unpaired) electrons. The van der Waals surface area contributed by atoms with Gasteiger partial charge in [0, 0.05) is 13.1 Å². The molecule has 1 aromatic heterocycles. The molecule has 0 aliphatic carbocycles. The van der Waals surface area contributed by atoms with Gasteiger partial charge in [-0.25, -0.2) is 0 Å².